The average Bonchev–Trinajstić information content (AvgIpc) is 3.30. The monoisotopic (exact) mass is 676 g/mol. The van der Waals surface area contributed by atoms with E-state index in [0.29, 0.717) is 5.56 Å². The Morgan fingerprint density at radius 3 is 2.44 bits per heavy atom. The first kappa shape index (κ1) is 34.5. The van der Waals surface area contributed by atoms with Crippen molar-refractivity contribution in [3.8, 4) is 5.75 Å². The zero-order valence-electron chi connectivity index (χ0n) is 26.4. The van der Waals surface area contributed by atoms with Crippen LogP contribution in [0.1, 0.15) is 61.9 Å². The van der Waals surface area contributed by atoms with E-state index in [1.54, 1.807) is 57.2 Å². The normalized spacial score (nSPS) is 18.8. The highest BCUT2D eigenvalue weighted by Gasteiger charge is 2.46. The van der Waals surface area contributed by atoms with Gasteiger partial charge in [0.2, 0.25) is 12.1 Å². The predicted molar refractivity (Wildman–Crippen MR) is 162 cm³/mol. The van der Waals surface area contributed by atoms with E-state index >= 15 is 0 Å². The maximum Gasteiger partial charge on any atom is 0.389 e. The number of para-hydroxylation sites is 1. The van der Waals surface area contributed by atoms with Gasteiger partial charge in [0.15, 0.2) is 6.61 Å². The Balaban J connectivity index is 1.62. The number of carbonyl (C=O) groups is 3. The van der Waals surface area contributed by atoms with Crippen molar-refractivity contribution in [1.82, 2.24) is 10.5 Å². The van der Waals surface area contributed by atoms with Crippen LogP contribution < -0.4 is 15.0 Å². The van der Waals surface area contributed by atoms with Gasteiger partial charge < -0.3 is 19.3 Å². The number of aromatic nitrogens is 1. The number of benzene rings is 2. The third-order valence-electron chi connectivity index (χ3n) is 7.70. The molecule has 48 heavy (non-hydrogen) atoms. The molecule has 0 aliphatic carbocycles. The molecule has 1 N–H and O–H groups in total. The smallest absolute Gasteiger partial charge is 0.389 e. The highest BCUT2D eigenvalue weighted by atomic mass is 19.4. The molecule has 0 fully saturated rings. The lowest BCUT2D eigenvalue weighted by atomic mass is 9.82. The van der Waals surface area contributed by atoms with Crippen molar-refractivity contribution in [1.29, 1.82) is 0 Å². The summed E-state index contributed by atoms with van der Waals surface area (Å²) in [6, 6.07) is 12.9. The van der Waals surface area contributed by atoms with E-state index in [0.717, 1.165) is 11.2 Å². The van der Waals surface area contributed by atoms with Crippen LogP contribution in [0.4, 0.5) is 27.6 Å². The molecule has 3 unspecified atom stereocenters. The first-order chi connectivity index (χ1) is 22.4. The number of ether oxygens (including phenoxy) is 2. The van der Waals surface area contributed by atoms with Crippen molar-refractivity contribution in [2.24, 2.45) is 10.9 Å². The maximum absolute atomic E-state index is 15.0. The summed E-state index contributed by atoms with van der Waals surface area (Å²) in [5.74, 6) is -10.2. The molecule has 0 saturated carbocycles. The number of hydrogen-bond donors (Lipinski definition) is 1. The number of rotatable bonds is 8. The fraction of sp³-hybridized carbons (Fsp3) is 0.424. The molecular formula is C33H33F5N4O6. The summed E-state index contributed by atoms with van der Waals surface area (Å²) in [5.41, 5.74) is -0.125. The maximum atomic E-state index is 15.0. The molecule has 0 bridgehead atoms. The van der Waals surface area contributed by atoms with Gasteiger partial charge in [-0.25, -0.2) is 13.8 Å². The minimum atomic E-state index is -4.73. The predicted octanol–water partition coefficient (Wildman–Crippen LogP) is 5.72. The van der Waals surface area contributed by atoms with Gasteiger partial charge in [0.1, 0.15) is 17.6 Å². The number of alkyl halides is 5. The molecule has 0 radical (unpaired) electrons. The lowest BCUT2D eigenvalue weighted by Gasteiger charge is -2.30. The van der Waals surface area contributed by atoms with Crippen molar-refractivity contribution in [3.63, 3.8) is 0 Å². The van der Waals surface area contributed by atoms with Crippen LogP contribution in [0.2, 0.25) is 0 Å². The minimum Gasteiger partial charge on any atom is -0.485 e. The van der Waals surface area contributed by atoms with Crippen molar-refractivity contribution in [2.45, 2.75) is 70.3 Å². The molecule has 2 aliphatic heterocycles. The summed E-state index contributed by atoms with van der Waals surface area (Å²) in [6.45, 7) is 3.92. The second-order valence-electron chi connectivity index (χ2n) is 12.6. The Bertz CT molecular complexity index is 1720. The number of nitrogens with zero attached hydrogens (tertiary/aromatic N) is 3. The van der Waals surface area contributed by atoms with Crippen LogP contribution in [0.5, 0.6) is 5.75 Å². The topological polar surface area (TPSA) is 123 Å². The molecule has 2 aromatic carbocycles. The number of halogens is 5. The Morgan fingerprint density at radius 1 is 1.10 bits per heavy atom. The standard InChI is InChI=1S/C33H33F5N4O6/c1-18-22(15-47-41-18)24(30(45)48-31(2,3)4)20(13-14-33(36,37)38)28(43)40-27-29(44)42-16-32(34,35)17-46-23-12-8-11-21(26(23)42)25(39-27)19-9-6-5-7-10-19/h5-12,15,20,24,27H,13-14,16-17H2,1-4H3,(H,40,43). The van der Waals surface area contributed by atoms with Gasteiger partial charge in [0.25, 0.3) is 11.8 Å². The minimum absolute atomic E-state index is 0.000578. The lowest BCUT2D eigenvalue weighted by molar-refractivity contribution is -0.162. The van der Waals surface area contributed by atoms with Crippen LogP contribution in [-0.4, -0.2) is 65.7 Å². The SMILES string of the molecule is Cc1nocc1C(C(=O)OC(C)(C)C)C(CCC(F)(F)F)C(=O)NC1N=C(c2ccccc2)c2cccc3c2N(CC(F)(F)CO3)C1=O. The number of carbonyl (C=O) groups excluding carboxylic acids is 3. The molecule has 3 heterocycles. The zero-order valence-corrected chi connectivity index (χ0v) is 26.4. The van der Waals surface area contributed by atoms with Crippen LogP contribution in [-0.2, 0) is 19.1 Å². The van der Waals surface area contributed by atoms with Crippen molar-refractivity contribution in [2.75, 3.05) is 18.1 Å². The number of aryl methyl sites for hydroxylation is 1. The Labute approximate surface area is 272 Å². The number of amides is 2. The van der Waals surface area contributed by atoms with Gasteiger partial charge in [-0.05, 0) is 40.2 Å². The zero-order chi connectivity index (χ0) is 35.0. The molecule has 15 heteroatoms. The van der Waals surface area contributed by atoms with Gasteiger partial charge in [-0.1, -0.05) is 47.6 Å². The van der Waals surface area contributed by atoms with Gasteiger partial charge in [-0.15, -0.1) is 0 Å². The van der Waals surface area contributed by atoms with Crippen LogP contribution in [0.25, 0.3) is 0 Å². The Morgan fingerprint density at radius 2 is 1.81 bits per heavy atom. The van der Waals surface area contributed by atoms with Crippen LogP contribution in [0, 0.1) is 12.8 Å². The van der Waals surface area contributed by atoms with Gasteiger partial charge in [-0.2, -0.15) is 13.2 Å². The molecule has 2 aliphatic rings. The third kappa shape index (κ3) is 7.66. The van der Waals surface area contributed by atoms with E-state index < -0.39 is 79.5 Å². The fourth-order valence-corrected chi connectivity index (χ4v) is 5.64. The molecule has 3 aromatic rings. The Hall–Kier alpha value is -4.82. The summed E-state index contributed by atoms with van der Waals surface area (Å²) in [4.78, 5) is 47.1. The molecule has 10 nitrogen and oxygen atoms in total. The number of anilines is 1. The van der Waals surface area contributed by atoms with Crippen molar-refractivity contribution in [3.05, 3.63) is 77.2 Å². The number of nitrogens with one attached hydrogen (secondary N) is 1. The van der Waals surface area contributed by atoms with E-state index in [-0.39, 0.29) is 34.0 Å². The van der Waals surface area contributed by atoms with E-state index in [2.05, 4.69) is 15.5 Å². The summed E-state index contributed by atoms with van der Waals surface area (Å²) >= 11 is 0. The van der Waals surface area contributed by atoms with Gasteiger partial charge in [-0.3, -0.25) is 19.3 Å². The van der Waals surface area contributed by atoms with E-state index in [1.165, 1.54) is 19.1 Å². The number of hydrogen-bond acceptors (Lipinski definition) is 8. The first-order valence-electron chi connectivity index (χ1n) is 15.0. The lowest BCUT2D eigenvalue weighted by Crippen LogP contribution is -2.52. The van der Waals surface area contributed by atoms with Crippen LogP contribution in [0.15, 0.2) is 64.3 Å². The third-order valence-corrected chi connectivity index (χ3v) is 7.70. The van der Waals surface area contributed by atoms with E-state index in [4.69, 9.17) is 14.0 Å². The molecular weight excluding hydrogens is 643 g/mol. The number of esters is 1. The summed E-state index contributed by atoms with van der Waals surface area (Å²) in [5, 5.41) is 6.11. The molecule has 5 rings (SSSR count). The molecule has 3 atom stereocenters. The second kappa shape index (κ2) is 13.0. The summed E-state index contributed by atoms with van der Waals surface area (Å²) in [7, 11) is 0. The highest BCUT2D eigenvalue weighted by molar-refractivity contribution is 6.21. The molecule has 256 valence electrons. The van der Waals surface area contributed by atoms with Crippen LogP contribution >= 0.6 is 0 Å². The fourth-order valence-electron chi connectivity index (χ4n) is 5.64. The van der Waals surface area contributed by atoms with Crippen molar-refractivity contribution >= 4 is 29.2 Å². The first-order valence-corrected chi connectivity index (χ1v) is 15.0. The van der Waals surface area contributed by atoms with E-state index in [1.807, 2.05) is 0 Å². The summed E-state index contributed by atoms with van der Waals surface area (Å²) in [6.07, 6.45) is -7.96. The van der Waals surface area contributed by atoms with Gasteiger partial charge in [0, 0.05) is 23.1 Å². The van der Waals surface area contributed by atoms with Gasteiger partial charge >= 0.3 is 12.1 Å². The van der Waals surface area contributed by atoms with Gasteiger partial charge in [0.05, 0.1) is 35.5 Å². The second-order valence-corrected chi connectivity index (χ2v) is 12.6. The molecule has 2 amide bonds. The largest absolute Gasteiger partial charge is 0.485 e. The Kier molecular flexibility index (Phi) is 9.35. The quantitative estimate of drug-likeness (QED) is 0.239. The number of aliphatic imine (C=N–C) groups is 1. The molecule has 1 aromatic heterocycles. The van der Waals surface area contributed by atoms with Crippen LogP contribution in [0.3, 0.4) is 0 Å². The average molecular weight is 677 g/mol. The summed E-state index contributed by atoms with van der Waals surface area (Å²) < 4.78 is 86.7. The highest BCUT2D eigenvalue weighted by Crippen LogP contribution is 2.41. The van der Waals surface area contributed by atoms with Crippen molar-refractivity contribution < 1.29 is 50.3 Å². The molecule has 0 spiro atoms. The van der Waals surface area contributed by atoms with E-state index in [9.17, 15) is 36.3 Å². The molecule has 0 saturated heterocycles.